The van der Waals surface area contributed by atoms with Gasteiger partial charge in [-0.15, -0.1) is 22.7 Å². The van der Waals surface area contributed by atoms with E-state index in [1.165, 1.54) is 29.6 Å². The molecule has 0 amide bonds. The van der Waals surface area contributed by atoms with Gasteiger partial charge in [-0.1, -0.05) is 6.92 Å². The van der Waals surface area contributed by atoms with E-state index in [1.54, 1.807) is 20.1 Å². The molecule has 2 aromatic heterocycles. The second-order valence-corrected chi connectivity index (χ2v) is 11.6. The van der Waals surface area contributed by atoms with Gasteiger partial charge in [-0.3, -0.25) is 19.2 Å². The highest BCUT2D eigenvalue weighted by molar-refractivity contribution is 7.21. The molecule has 0 aliphatic carbocycles. The molecule has 2 aromatic carbocycles. The fraction of sp³-hybridized carbons (Fsp3) is 0.333. The number of carbonyl (C=O) groups is 4. The van der Waals surface area contributed by atoms with Crippen LogP contribution in [0, 0.1) is 5.92 Å². The van der Waals surface area contributed by atoms with Crippen LogP contribution in [0.25, 0.3) is 20.2 Å². The summed E-state index contributed by atoms with van der Waals surface area (Å²) in [6.07, 6.45) is 0.598. The lowest BCUT2D eigenvalue weighted by molar-refractivity contribution is -0.137. The number of aliphatic carboxylic acids is 1. The normalized spacial score (nSPS) is 11.9. The first-order valence-electron chi connectivity index (χ1n) is 12.8. The van der Waals surface area contributed by atoms with Crippen LogP contribution in [-0.2, 0) is 9.59 Å². The van der Waals surface area contributed by atoms with Crippen LogP contribution in [-0.4, -0.2) is 48.7 Å². The molecule has 0 aliphatic heterocycles. The number of fused-ring (bicyclic) bond motifs is 2. The van der Waals surface area contributed by atoms with Crippen LogP contribution in [0.2, 0.25) is 0 Å². The number of carbonyl (C=O) groups excluding carboxylic acids is 3. The number of ether oxygens (including phenoxy) is 3. The molecule has 2 heterocycles. The number of Topliss-reactive ketones (excluding diaryl/α,β-unsaturated/α-hetero) is 3. The molecule has 210 valence electrons. The summed E-state index contributed by atoms with van der Waals surface area (Å²) in [4.78, 5) is 48.3. The molecule has 4 rings (SSSR count). The van der Waals surface area contributed by atoms with E-state index in [-0.39, 0.29) is 42.5 Å². The lowest BCUT2D eigenvalue weighted by Gasteiger charge is -2.11. The van der Waals surface area contributed by atoms with Crippen molar-refractivity contribution in [3.05, 3.63) is 52.2 Å². The molecule has 0 radical (unpaired) electrons. The van der Waals surface area contributed by atoms with E-state index in [2.05, 4.69) is 0 Å². The molecular formula is C30H30O8S2. The Kier molecular flexibility index (Phi) is 9.54. The minimum Gasteiger partial charge on any atom is -0.493 e. The van der Waals surface area contributed by atoms with Crippen molar-refractivity contribution in [2.75, 3.05) is 20.3 Å². The zero-order valence-electron chi connectivity index (χ0n) is 22.5. The number of thiophene rings is 2. The highest BCUT2D eigenvalue weighted by Gasteiger charge is 2.18. The van der Waals surface area contributed by atoms with Crippen LogP contribution in [0.1, 0.15) is 58.9 Å². The molecule has 0 fully saturated rings. The number of hydrogen-bond acceptors (Lipinski definition) is 9. The van der Waals surface area contributed by atoms with Gasteiger partial charge in [-0.2, -0.15) is 0 Å². The number of methoxy groups -OCH3 is 1. The number of carboxylic acid groups (broad SMARTS) is 1. The Labute approximate surface area is 239 Å². The Morgan fingerprint density at radius 3 is 2.20 bits per heavy atom. The average Bonchev–Trinajstić information content (AvgIpc) is 3.54. The monoisotopic (exact) mass is 582 g/mol. The third kappa shape index (κ3) is 7.25. The summed E-state index contributed by atoms with van der Waals surface area (Å²) in [6.45, 7) is 4.06. The summed E-state index contributed by atoms with van der Waals surface area (Å²) < 4.78 is 19.2. The van der Waals surface area contributed by atoms with E-state index in [0.717, 1.165) is 20.2 Å². The smallest absolute Gasteiger partial charge is 0.303 e. The predicted octanol–water partition coefficient (Wildman–Crippen LogP) is 6.82. The second-order valence-electron chi connectivity index (χ2n) is 9.47. The Bertz CT molecular complexity index is 1560. The van der Waals surface area contributed by atoms with Crippen molar-refractivity contribution in [2.45, 2.75) is 39.5 Å². The zero-order chi connectivity index (χ0) is 28.8. The minimum absolute atomic E-state index is 0.00143. The molecule has 0 saturated carbocycles. The summed E-state index contributed by atoms with van der Waals surface area (Å²) in [5.74, 6) is 0.294. The van der Waals surface area contributed by atoms with E-state index in [1.807, 2.05) is 36.4 Å². The summed E-state index contributed by atoms with van der Waals surface area (Å²) in [5, 5.41) is 10.6. The zero-order valence-corrected chi connectivity index (χ0v) is 24.1. The first kappa shape index (κ1) is 29.2. The third-order valence-electron chi connectivity index (χ3n) is 6.41. The van der Waals surface area contributed by atoms with Crippen molar-refractivity contribution >= 4 is 66.2 Å². The van der Waals surface area contributed by atoms with E-state index < -0.39 is 5.97 Å². The molecule has 0 bridgehead atoms. The lowest BCUT2D eigenvalue weighted by Crippen LogP contribution is -2.11. The maximum Gasteiger partial charge on any atom is 0.303 e. The molecular weight excluding hydrogens is 552 g/mol. The minimum atomic E-state index is -0.989. The molecule has 0 spiro atoms. The first-order valence-corrected chi connectivity index (χ1v) is 14.5. The first-order chi connectivity index (χ1) is 19.1. The summed E-state index contributed by atoms with van der Waals surface area (Å²) >= 11 is 2.70. The fourth-order valence-electron chi connectivity index (χ4n) is 3.99. The van der Waals surface area contributed by atoms with Crippen LogP contribution >= 0.6 is 22.7 Å². The summed E-state index contributed by atoms with van der Waals surface area (Å²) in [7, 11) is 1.57. The Hall–Kier alpha value is -3.76. The summed E-state index contributed by atoms with van der Waals surface area (Å²) in [6, 6.07) is 12.9. The average molecular weight is 583 g/mol. The number of benzene rings is 2. The van der Waals surface area contributed by atoms with Crippen molar-refractivity contribution in [3.8, 4) is 17.2 Å². The van der Waals surface area contributed by atoms with E-state index in [9.17, 15) is 19.2 Å². The second kappa shape index (κ2) is 13.1. The number of hydrogen-bond donors (Lipinski definition) is 1. The maximum atomic E-state index is 12.6. The van der Waals surface area contributed by atoms with Gasteiger partial charge < -0.3 is 19.3 Å². The topological polar surface area (TPSA) is 116 Å². The van der Waals surface area contributed by atoms with Gasteiger partial charge in [-0.25, -0.2) is 0 Å². The van der Waals surface area contributed by atoms with Gasteiger partial charge in [0.05, 0.1) is 36.5 Å². The Morgan fingerprint density at radius 2 is 1.50 bits per heavy atom. The molecule has 0 aliphatic rings. The molecule has 0 unspecified atom stereocenters. The molecule has 1 N–H and O–H groups in total. The highest BCUT2D eigenvalue weighted by atomic mass is 32.1. The van der Waals surface area contributed by atoms with E-state index in [4.69, 9.17) is 19.3 Å². The number of rotatable bonds is 15. The largest absolute Gasteiger partial charge is 0.493 e. The van der Waals surface area contributed by atoms with Crippen LogP contribution in [0.5, 0.6) is 17.2 Å². The van der Waals surface area contributed by atoms with Crippen LogP contribution in [0.15, 0.2) is 42.5 Å². The van der Waals surface area contributed by atoms with Crippen LogP contribution < -0.4 is 14.2 Å². The van der Waals surface area contributed by atoms with E-state index >= 15 is 0 Å². The highest BCUT2D eigenvalue weighted by Crippen LogP contribution is 2.37. The van der Waals surface area contributed by atoms with Gasteiger partial charge in [0.15, 0.2) is 23.1 Å². The summed E-state index contributed by atoms with van der Waals surface area (Å²) in [5.41, 5.74) is 0. The lowest BCUT2D eigenvalue weighted by atomic mass is 10.0. The molecule has 10 heteroatoms. The Morgan fingerprint density at radius 1 is 0.825 bits per heavy atom. The standard InChI is InChI=1S/C30H30O8S2/c1-17(18(2)31)11-23(33)29-14-20-12-25(24(36-3)16-27(20)40-29)38-10-4-9-37-21-6-5-19-13-28(39-26(19)15-21)22(32)7-8-30(34)35/h5-6,12-17H,4,7-11H2,1-3H3,(H,34,35)/t17-/m0/s1. The van der Waals surface area contributed by atoms with Crippen molar-refractivity contribution < 1.29 is 38.5 Å². The van der Waals surface area contributed by atoms with E-state index in [0.29, 0.717) is 46.6 Å². The van der Waals surface area contributed by atoms with Gasteiger partial charge in [0, 0.05) is 40.6 Å². The Balaban J connectivity index is 1.32. The van der Waals surface area contributed by atoms with Crippen LogP contribution in [0.3, 0.4) is 0 Å². The quantitative estimate of drug-likeness (QED) is 0.120. The number of ketones is 3. The third-order valence-corrected chi connectivity index (χ3v) is 8.69. The van der Waals surface area contributed by atoms with Crippen molar-refractivity contribution in [1.82, 2.24) is 0 Å². The molecule has 1 atom stereocenters. The molecule has 40 heavy (non-hydrogen) atoms. The van der Waals surface area contributed by atoms with Gasteiger partial charge in [-0.05, 0) is 54.1 Å². The van der Waals surface area contributed by atoms with Crippen molar-refractivity contribution in [1.29, 1.82) is 0 Å². The maximum absolute atomic E-state index is 12.6. The molecule has 8 nitrogen and oxygen atoms in total. The van der Waals surface area contributed by atoms with Gasteiger partial charge in [0.2, 0.25) is 0 Å². The van der Waals surface area contributed by atoms with Crippen molar-refractivity contribution in [2.24, 2.45) is 5.92 Å². The van der Waals surface area contributed by atoms with Crippen molar-refractivity contribution in [3.63, 3.8) is 0 Å². The van der Waals surface area contributed by atoms with Gasteiger partial charge in [0.25, 0.3) is 0 Å². The van der Waals surface area contributed by atoms with Crippen LogP contribution in [0.4, 0.5) is 0 Å². The molecule has 4 aromatic rings. The van der Waals surface area contributed by atoms with Gasteiger partial charge >= 0.3 is 5.97 Å². The SMILES string of the molecule is COc1cc2sc(C(=O)C[C@H](C)C(C)=O)cc2cc1OCCCOc1ccc2cc(C(=O)CCC(=O)O)sc2c1. The molecule has 0 saturated heterocycles. The fourth-order valence-corrected chi connectivity index (χ4v) is 6.07. The predicted molar refractivity (Wildman–Crippen MR) is 156 cm³/mol. The van der Waals surface area contributed by atoms with Gasteiger partial charge in [0.1, 0.15) is 11.5 Å². The number of carboxylic acids is 1.